The molecule has 4 heteroatoms. The fourth-order valence-electron chi connectivity index (χ4n) is 7.39. The SMILES string of the molecule is CC/C=C\C/C=C\C/C=C\C/C=C\C/C=C\C/C=C\CCC(=O)NC(CO)C(O)/C=C/CC/C=C/CCCCCCCCCCCCCCCCCCCCCCCCCC. The standard InChI is InChI=1S/C57H99NO3/c1-3-5-7-9-11-13-15-17-19-21-23-24-25-26-27-28-29-30-31-32-33-35-36-38-40-42-44-46-48-50-52-56(60)55(54-59)58-57(61)53-51-49-47-45-43-41-39-37-34-22-20-18-16-14-12-10-8-6-4-2/h6,8,12,14,18,20,34,37,41-44,47,49-50,52,55-56,59-60H,3-5,7,9-11,13,15-17,19,21-33,35-36,38-40,45-46,48,51,53-54H2,1-2H3,(H,58,61)/b8-6-,14-12-,20-18-,37-34-,43-41-,44-42+,49-47-,52-50+. The van der Waals surface area contributed by atoms with E-state index < -0.39 is 12.1 Å². The number of unbranched alkanes of at least 4 members (excludes halogenated alkanes) is 25. The molecule has 1 amide bonds. The van der Waals surface area contributed by atoms with Crippen molar-refractivity contribution in [2.24, 2.45) is 0 Å². The third-order valence-corrected chi connectivity index (χ3v) is 11.3. The van der Waals surface area contributed by atoms with Crippen molar-refractivity contribution in [1.29, 1.82) is 0 Å². The predicted octanol–water partition coefficient (Wildman–Crippen LogP) is 17.0. The van der Waals surface area contributed by atoms with Crippen LogP contribution in [0.5, 0.6) is 0 Å². The Bertz CT molecular complexity index is 1140. The summed E-state index contributed by atoms with van der Waals surface area (Å²) < 4.78 is 0. The van der Waals surface area contributed by atoms with E-state index in [2.05, 4.69) is 98.2 Å². The van der Waals surface area contributed by atoms with E-state index in [1.165, 1.54) is 154 Å². The maximum absolute atomic E-state index is 12.4. The second kappa shape index (κ2) is 51.7. The maximum Gasteiger partial charge on any atom is 0.220 e. The predicted molar refractivity (Wildman–Crippen MR) is 271 cm³/mol. The first-order chi connectivity index (χ1) is 30.2. The van der Waals surface area contributed by atoms with Crippen LogP contribution in [0, 0.1) is 0 Å². The van der Waals surface area contributed by atoms with Gasteiger partial charge in [0.25, 0.3) is 0 Å². The molecule has 0 rings (SSSR count). The summed E-state index contributed by atoms with van der Waals surface area (Å²) in [6, 6.07) is -0.687. The van der Waals surface area contributed by atoms with Crippen molar-refractivity contribution in [1.82, 2.24) is 5.32 Å². The average molecular weight is 846 g/mol. The normalized spacial score (nSPS) is 13.7. The molecule has 0 radical (unpaired) electrons. The number of carbonyl (C=O) groups is 1. The number of aliphatic hydroxyl groups is 2. The molecule has 0 aliphatic rings. The molecular weight excluding hydrogens is 747 g/mol. The van der Waals surface area contributed by atoms with Gasteiger partial charge in [0.05, 0.1) is 18.8 Å². The number of rotatable bonds is 46. The van der Waals surface area contributed by atoms with Crippen LogP contribution in [0.1, 0.15) is 239 Å². The first kappa shape index (κ1) is 58.3. The summed E-state index contributed by atoms with van der Waals surface area (Å²) in [5, 5.41) is 23.0. The molecule has 0 aromatic carbocycles. The molecule has 3 N–H and O–H groups in total. The minimum Gasteiger partial charge on any atom is -0.394 e. The van der Waals surface area contributed by atoms with E-state index in [4.69, 9.17) is 0 Å². The molecule has 61 heavy (non-hydrogen) atoms. The molecule has 0 spiro atoms. The highest BCUT2D eigenvalue weighted by Crippen LogP contribution is 2.16. The Morgan fingerprint density at radius 2 is 0.738 bits per heavy atom. The zero-order chi connectivity index (χ0) is 44.2. The van der Waals surface area contributed by atoms with Crippen LogP contribution in [0.3, 0.4) is 0 Å². The molecule has 0 aliphatic heterocycles. The van der Waals surface area contributed by atoms with Gasteiger partial charge >= 0.3 is 0 Å². The van der Waals surface area contributed by atoms with Gasteiger partial charge in [-0.05, 0) is 70.6 Å². The van der Waals surface area contributed by atoms with Crippen LogP contribution in [0.2, 0.25) is 0 Å². The maximum atomic E-state index is 12.4. The summed E-state index contributed by atoms with van der Waals surface area (Å²) in [4.78, 5) is 12.4. The topological polar surface area (TPSA) is 69.6 Å². The van der Waals surface area contributed by atoms with Crippen molar-refractivity contribution in [2.45, 2.75) is 251 Å². The van der Waals surface area contributed by atoms with E-state index >= 15 is 0 Å². The lowest BCUT2D eigenvalue weighted by molar-refractivity contribution is -0.122. The molecule has 0 fully saturated rings. The van der Waals surface area contributed by atoms with Crippen LogP contribution in [-0.2, 0) is 4.79 Å². The third kappa shape index (κ3) is 48.2. The molecule has 0 saturated carbocycles. The molecule has 2 atom stereocenters. The molecule has 0 heterocycles. The van der Waals surface area contributed by atoms with Gasteiger partial charge in [0.2, 0.25) is 5.91 Å². The molecule has 0 aromatic rings. The van der Waals surface area contributed by atoms with Crippen LogP contribution in [0.15, 0.2) is 97.2 Å². The second-order valence-electron chi connectivity index (χ2n) is 17.2. The van der Waals surface area contributed by atoms with Crippen LogP contribution in [0.25, 0.3) is 0 Å². The van der Waals surface area contributed by atoms with Crippen molar-refractivity contribution in [3.05, 3.63) is 97.2 Å². The number of hydrogen-bond acceptors (Lipinski definition) is 3. The fraction of sp³-hybridized carbons (Fsp3) is 0.702. The Hall–Kier alpha value is -2.69. The smallest absolute Gasteiger partial charge is 0.220 e. The fourth-order valence-corrected chi connectivity index (χ4v) is 7.39. The molecule has 0 aromatic heterocycles. The van der Waals surface area contributed by atoms with Gasteiger partial charge in [-0.3, -0.25) is 4.79 Å². The van der Waals surface area contributed by atoms with Gasteiger partial charge in [-0.25, -0.2) is 0 Å². The third-order valence-electron chi connectivity index (χ3n) is 11.3. The van der Waals surface area contributed by atoms with Crippen molar-refractivity contribution in [3.8, 4) is 0 Å². The number of allylic oxidation sites excluding steroid dienone is 15. The lowest BCUT2D eigenvalue weighted by Gasteiger charge is -2.19. The largest absolute Gasteiger partial charge is 0.394 e. The van der Waals surface area contributed by atoms with Crippen LogP contribution < -0.4 is 5.32 Å². The minimum atomic E-state index is -0.900. The van der Waals surface area contributed by atoms with Crippen molar-refractivity contribution >= 4 is 5.91 Å². The number of amides is 1. The lowest BCUT2D eigenvalue weighted by atomic mass is 10.0. The summed E-state index contributed by atoms with van der Waals surface area (Å²) in [7, 11) is 0. The van der Waals surface area contributed by atoms with Crippen LogP contribution in [0.4, 0.5) is 0 Å². The Balaban J connectivity index is 3.64. The Morgan fingerprint density at radius 1 is 0.410 bits per heavy atom. The Kier molecular flexibility index (Phi) is 49.4. The second-order valence-corrected chi connectivity index (χ2v) is 17.2. The van der Waals surface area contributed by atoms with Gasteiger partial charge in [0.1, 0.15) is 0 Å². The van der Waals surface area contributed by atoms with Crippen LogP contribution in [-0.4, -0.2) is 34.9 Å². The molecule has 4 nitrogen and oxygen atoms in total. The van der Waals surface area contributed by atoms with E-state index in [0.717, 1.165) is 57.8 Å². The van der Waals surface area contributed by atoms with Crippen LogP contribution >= 0.6 is 0 Å². The highest BCUT2D eigenvalue weighted by atomic mass is 16.3. The number of aliphatic hydroxyl groups excluding tert-OH is 2. The van der Waals surface area contributed by atoms with Gasteiger partial charge < -0.3 is 15.5 Å². The highest BCUT2D eigenvalue weighted by molar-refractivity contribution is 5.76. The summed E-state index contributed by atoms with van der Waals surface area (Å²) in [5.41, 5.74) is 0. The Morgan fingerprint density at radius 3 is 1.13 bits per heavy atom. The lowest BCUT2D eigenvalue weighted by Crippen LogP contribution is -2.45. The first-order valence-electron chi connectivity index (χ1n) is 26.0. The molecule has 0 aliphatic carbocycles. The summed E-state index contributed by atoms with van der Waals surface area (Å²) in [5.74, 6) is -0.158. The zero-order valence-electron chi connectivity index (χ0n) is 40.2. The van der Waals surface area contributed by atoms with Crippen molar-refractivity contribution in [2.75, 3.05) is 6.61 Å². The Labute approximate surface area is 379 Å². The summed E-state index contributed by atoms with van der Waals surface area (Å²) in [6.45, 7) is 4.16. The molecule has 350 valence electrons. The number of nitrogens with one attached hydrogen (secondary N) is 1. The van der Waals surface area contributed by atoms with E-state index in [9.17, 15) is 15.0 Å². The van der Waals surface area contributed by atoms with E-state index in [0.29, 0.717) is 12.8 Å². The van der Waals surface area contributed by atoms with Gasteiger partial charge in [-0.1, -0.05) is 259 Å². The van der Waals surface area contributed by atoms with Gasteiger partial charge in [-0.2, -0.15) is 0 Å². The monoisotopic (exact) mass is 846 g/mol. The number of carbonyl (C=O) groups excluding carboxylic acids is 1. The van der Waals surface area contributed by atoms with E-state index in [1.807, 2.05) is 12.2 Å². The number of hydrogen-bond donors (Lipinski definition) is 3. The van der Waals surface area contributed by atoms with Gasteiger partial charge in [0, 0.05) is 6.42 Å². The summed E-state index contributed by atoms with van der Waals surface area (Å²) in [6.07, 6.45) is 77.1. The zero-order valence-corrected chi connectivity index (χ0v) is 40.2. The highest BCUT2D eigenvalue weighted by Gasteiger charge is 2.17. The van der Waals surface area contributed by atoms with Gasteiger partial charge in [0.15, 0.2) is 0 Å². The first-order valence-corrected chi connectivity index (χ1v) is 26.0. The van der Waals surface area contributed by atoms with E-state index in [-0.39, 0.29) is 12.5 Å². The van der Waals surface area contributed by atoms with Crippen molar-refractivity contribution in [3.63, 3.8) is 0 Å². The van der Waals surface area contributed by atoms with Crippen molar-refractivity contribution < 1.29 is 15.0 Å². The minimum absolute atomic E-state index is 0.158. The average Bonchev–Trinajstić information content (AvgIpc) is 3.26. The molecular formula is C57H99NO3. The molecule has 0 saturated heterocycles. The van der Waals surface area contributed by atoms with Gasteiger partial charge in [-0.15, -0.1) is 0 Å². The molecule has 2 unspecified atom stereocenters. The molecule has 0 bridgehead atoms. The quantitative estimate of drug-likeness (QED) is 0.0422. The van der Waals surface area contributed by atoms with E-state index in [1.54, 1.807) is 6.08 Å². The summed E-state index contributed by atoms with van der Waals surface area (Å²) >= 11 is 0.